The van der Waals surface area contributed by atoms with Crippen LogP contribution in [0.15, 0.2) is 0 Å². The lowest BCUT2D eigenvalue weighted by atomic mass is 10.1. The Balaban J connectivity index is 3.10. The molecule has 2 nitrogen and oxygen atoms in total. The number of aliphatic hydroxyl groups excluding tert-OH is 1. The van der Waals surface area contributed by atoms with Gasteiger partial charge in [0.25, 0.3) is 0 Å². The SMILES string of the molecule is CC(C)C[C@H]([NH])CO. The van der Waals surface area contributed by atoms with Crippen LogP contribution in [0.1, 0.15) is 20.3 Å². The van der Waals surface area contributed by atoms with Crippen LogP contribution in [0.25, 0.3) is 0 Å². The van der Waals surface area contributed by atoms with Crippen molar-refractivity contribution in [1.82, 2.24) is 5.73 Å². The van der Waals surface area contributed by atoms with Gasteiger partial charge in [-0.05, 0) is 12.3 Å². The van der Waals surface area contributed by atoms with Crippen molar-refractivity contribution in [3.05, 3.63) is 0 Å². The molecule has 0 saturated heterocycles. The maximum absolute atomic E-state index is 8.40. The lowest BCUT2D eigenvalue weighted by Gasteiger charge is -2.08. The van der Waals surface area contributed by atoms with Crippen molar-refractivity contribution in [2.45, 2.75) is 26.3 Å². The van der Waals surface area contributed by atoms with Crippen molar-refractivity contribution >= 4 is 0 Å². The average Bonchev–Trinajstić information content (AvgIpc) is 1.65. The molecule has 8 heavy (non-hydrogen) atoms. The van der Waals surface area contributed by atoms with E-state index in [9.17, 15) is 0 Å². The van der Waals surface area contributed by atoms with Gasteiger partial charge in [0.15, 0.2) is 0 Å². The normalized spacial score (nSPS) is 14.6. The van der Waals surface area contributed by atoms with Gasteiger partial charge >= 0.3 is 0 Å². The molecule has 2 N–H and O–H groups in total. The molecule has 0 unspecified atom stereocenters. The van der Waals surface area contributed by atoms with Crippen LogP contribution in [0.3, 0.4) is 0 Å². The fourth-order valence-electron chi connectivity index (χ4n) is 0.644. The standard InChI is InChI=1S/C6H14NO/c1-5(2)3-6(7)4-8/h5-8H,3-4H2,1-2H3/t6-/m0/s1. The molecule has 0 aliphatic rings. The summed E-state index contributed by atoms with van der Waals surface area (Å²) in [6, 6.07) is -0.269. The third-order valence-corrected chi connectivity index (χ3v) is 0.976. The smallest absolute Gasteiger partial charge is 0.0598 e. The van der Waals surface area contributed by atoms with Gasteiger partial charge in [-0.25, -0.2) is 0 Å². The topological polar surface area (TPSA) is 44.0 Å². The Morgan fingerprint density at radius 1 is 1.50 bits per heavy atom. The van der Waals surface area contributed by atoms with Gasteiger partial charge in [0.05, 0.1) is 6.61 Å². The molecule has 0 fully saturated rings. The van der Waals surface area contributed by atoms with E-state index in [0.29, 0.717) is 5.92 Å². The first kappa shape index (κ1) is 7.92. The second-order valence-electron chi connectivity index (χ2n) is 2.51. The van der Waals surface area contributed by atoms with E-state index in [2.05, 4.69) is 13.8 Å². The summed E-state index contributed by atoms with van der Waals surface area (Å²) in [5.74, 6) is 0.532. The molecule has 0 rings (SSSR count). The summed E-state index contributed by atoms with van der Waals surface area (Å²) in [6.45, 7) is 4.10. The summed E-state index contributed by atoms with van der Waals surface area (Å²) >= 11 is 0. The van der Waals surface area contributed by atoms with Crippen molar-refractivity contribution in [3.63, 3.8) is 0 Å². The summed E-state index contributed by atoms with van der Waals surface area (Å²) in [7, 11) is 0. The first-order valence-corrected chi connectivity index (χ1v) is 2.98. The highest BCUT2D eigenvalue weighted by Gasteiger charge is 2.02. The Morgan fingerprint density at radius 3 is 2.12 bits per heavy atom. The molecule has 0 saturated carbocycles. The molecule has 0 aromatic heterocycles. The fraction of sp³-hybridized carbons (Fsp3) is 1.00. The van der Waals surface area contributed by atoms with E-state index in [-0.39, 0.29) is 12.6 Å². The highest BCUT2D eigenvalue weighted by molar-refractivity contribution is 4.59. The third kappa shape index (κ3) is 4.09. The van der Waals surface area contributed by atoms with E-state index in [1.54, 1.807) is 0 Å². The molecule has 2 heteroatoms. The summed E-state index contributed by atoms with van der Waals surface area (Å²) in [6.07, 6.45) is 0.802. The summed E-state index contributed by atoms with van der Waals surface area (Å²) in [4.78, 5) is 0. The van der Waals surface area contributed by atoms with Crippen molar-refractivity contribution in [1.29, 1.82) is 0 Å². The van der Waals surface area contributed by atoms with Crippen LogP contribution in [0.5, 0.6) is 0 Å². The van der Waals surface area contributed by atoms with E-state index in [0.717, 1.165) is 6.42 Å². The molecule has 0 aromatic rings. The van der Waals surface area contributed by atoms with Gasteiger partial charge in [0, 0.05) is 6.04 Å². The molecule has 0 bridgehead atoms. The molecule has 49 valence electrons. The maximum atomic E-state index is 8.40. The van der Waals surface area contributed by atoms with Crippen molar-refractivity contribution in [3.8, 4) is 0 Å². The van der Waals surface area contributed by atoms with E-state index in [1.807, 2.05) is 0 Å². The third-order valence-electron chi connectivity index (χ3n) is 0.976. The average molecular weight is 116 g/mol. The molecule has 1 atom stereocenters. The van der Waals surface area contributed by atoms with E-state index >= 15 is 0 Å². The lowest BCUT2D eigenvalue weighted by molar-refractivity contribution is 0.246. The second kappa shape index (κ2) is 3.87. The molecule has 0 heterocycles. The molecule has 0 aliphatic carbocycles. The van der Waals surface area contributed by atoms with Gasteiger partial charge in [-0.15, -0.1) is 0 Å². The van der Waals surface area contributed by atoms with E-state index in [1.165, 1.54) is 0 Å². The minimum absolute atomic E-state index is 0.00181. The molecular weight excluding hydrogens is 102 g/mol. The van der Waals surface area contributed by atoms with Crippen LogP contribution in [-0.4, -0.2) is 17.8 Å². The largest absolute Gasteiger partial charge is 0.395 e. The Labute approximate surface area is 50.7 Å². The zero-order valence-electron chi connectivity index (χ0n) is 5.52. The van der Waals surface area contributed by atoms with Crippen LogP contribution in [0.4, 0.5) is 0 Å². The molecule has 0 aliphatic heterocycles. The fourth-order valence-corrected chi connectivity index (χ4v) is 0.644. The Bertz CT molecular complexity index is 54.5. The summed E-state index contributed by atoms with van der Waals surface area (Å²) in [5, 5.41) is 8.40. The second-order valence-corrected chi connectivity index (χ2v) is 2.51. The molecule has 0 spiro atoms. The number of hydrogen-bond acceptors (Lipinski definition) is 1. The number of aliphatic hydroxyl groups is 1. The molecule has 0 amide bonds. The van der Waals surface area contributed by atoms with Gasteiger partial charge in [0.1, 0.15) is 0 Å². The summed E-state index contributed by atoms with van der Waals surface area (Å²) < 4.78 is 0. The molecule has 0 aromatic carbocycles. The van der Waals surface area contributed by atoms with Gasteiger partial charge in [-0.2, -0.15) is 0 Å². The van der Waals surface area contributed by atoms with Gasteiger partial charge in [-0.1, -0.05) is 13.8 Å². The van der Waals surface area contributed by atoms with Crippen LogP contribution in [0, 0.1) is 5.92 Å². The van der Waals surface area contributed by atoms with Crippen LogP contribution < -0.4 is 5.73 Å². The Kier molecular flexibility index (Phi) is 3.83. The van der Waals surface area contributed by atoms with Crippen LogP contribution >= 0.6 is 0 Å². The van der Waals surface area contributed by atoms with E-state index < -0.39 is 0 Å². The number of hydrogen-bond donors (Lipinski definition) is 1. The number of rotatable bonds is 3. The monoisotopic (exact) mass is 116 g/mol. The minimum Gasteiger partial charge on any atom is -0.395 e. The summed E-state index contributed by atoms with van der Waals surface area (Å²) in [5.41, 5.74) is 7.10. The highest BCUT2D eigenvalue weighted by atomic mass is 16.3. The Morgan fingerprint density at radius 2 is 2.00 bits per heavy atom. The quantitative estimate of drug-likeness (QED) is 0.579. The highest BCUT2D eigenvalue weighted by Crippen LogP contribution is 2.01. The first-order chi connectivity index (χ1) is 3.66. The van der Waals surface area contributed by atoms with Crippen molar-refractivity contribution in [2.75, 3.05) is 6.61 Å². The van der Waals surface area contributed by atoms with Crippen LogP contribution in [-0.2, 0) is 0 Å². The van der Waals surface area contributed by atoms with Gasteiger partial charge < -0.3 is 5.11 Å². The molecule has 1 radical (unpaired) electrons. The predicted molar refractivity (Wildman–Crippen MR) is 33.4 cm³/mol. The van der Waals surface area contributed by atoms with Gasteiger partial charge in [0.2, 0.25) is 0 Å². The zero-order chi connectivity index (χ0) is 6.57. The van der Waals surface area contributed by atoms with Crippen LogP contribution in [0.2, 0.25) is 0 Å². The predicted octanol–water partition coefficient (Wildman–Crippen LogP) is 0.676. The maximum Gasteiger partial charge on any atom is 0.0598 e. The van der Waals surface area contributed by atoms with Crippen molar-refractivity contribution in [2.24, 2.45) is 5.92 Å². The lowest BCUT2D eigenvalue weighted by Crippen LogP contribution is -2.16. The minimum atomic E-state index is -0.269. The van der Waals surface area contributed by atoms with Gasteiger partial charge in [-0.3, -0.25) is 5.73 Å². The first-order valence-electron chi connectivity index (χ1n) is 2.98. The van der Waals surface area contributed by atoms with Crippen molar-refractivity contribution < 1.29 is 5.11 Å². The molecular formula is C6H14NO. The Hall–Kier alpha value is -0.0800. The number of nitrogens with one attached hydrogen (secondary N) is 1. The zero-order valence-corrected chi connectivity index (χ0v) is 5.52. The van der Waals surface area contributed by atoms with E-state index in [4.69, 9.17) is 10.8 Å².